The summed E-state index contributed by atoms with van der Waals surface area (Å²) in [6.07, 6.45) is 2.02. The molecule has 1 aliphatic rings. The van der Waals surface area contributed by atoms with Crippen molar-refractivity contribution in [3.63, 3.8) is 0 Å². The van der Waals surface area contributed by atoms with Crippen LogP contribution in [0.15, 0.2) is 24.5 Å². The van der Waals surface area contributed by atoms with Gasteiger partial charge in [0.2, 0.25) is 5.91 Å². The Hall–Kier alpha value is -2.33. The van der Waals surface area contributed by atoms with Gasteiger partial charge in [-0.25, -0.2) is 9.65 Å². The molecular weight excluding hydrogens is 429 g/mol. The highest BCUT2D eigenvalue weighted by Gasteiger charge is 2.48. The number of pyridine rings is 1. The lowest BCUT2D eigenvalue weighted by atomic mass is 9.87. The minimum Gasteiger partial charge on any atom is -0.469 e. The fourth-order valence-corrected chi connectivity index (χ4v) is 4.58. The molecular formula is C19H28N3O8P. The summed E-state index contributed by atoms with van der Waals surface area (Å²) < 4.78 is 33.6. The van der Waals surface area contributed by atoms with Crippen molar-refractivity contribution in [1.82, 2.24) is 15.4 Å². The Morgan fingerprint density at radius 2 is 2.13 bits per heavy atom. The van der Waals surface area contributed by atoms with Gasteiger partial charge in [0.15, 0.2) is 6.10 Å². The molecule has 0 aliphatic carbocycles. The first-order chi connectivity index (χ1) is 14.6. The molecule has 1 amide bonds. The van der Waals surface area contributed by atoms with Crippen molar-refractivity contribution >= 4 is 25.6 Å². The molecule has 1 aromatic heterocycles. The van der Waals surface area contributed by atoms with E-state index >= 15 is 0 Å². The largest absolute Gasteiger partial charge is 0.469 e. The highest BCUT2D eigenvalue weighted by molar-refractivity contribution is 7.51. The van der Waals surface area contributed by atoms with Crippen LogP contribution in [-0.2, 0) is 44.1 Å². The van der Waals surface area contributed by atoms with E-state index in [0.717, 1.165) is 0 Å². The second kappa shape index (κ2) is 10.8. The lowest BCUT2D eigenvalue weighted by Crippen LogP contribution is -2.51. The van der Waals surface area contributed by atoms with Gasteiger partial charge in [-0.05, 0) is 13.0 Å². The van der Waals surface area contributed by atoms with Crippen molar-refractivity contribution in [3.05, 3.63) is 30.1 Å². The number of hydrogen-bond acceptors (Lipinski definition) is 9. The fourth-order valence-electron chi connectivity index (χ4n) is 2.64. The van der Waals surface area contributed by atoms with Crippen LogP contribution in [0.25, 0.3) is 0 Å². The zero-order valence-electron chi connectivity index (χ0n) is 18.0. The molecule has 11 nitrogen and oxygen atoms in total. The maximum Gasteiger partial charge on any atom is 0.407 e. The van der Waals surface area contributed by atoms with Crippen molar-refractivity contribution in [1.29, 1.82) is 0 Å². The Balaban J connectivity index is 1.94. The molecule has 12 heteroatoms. The van der Waals surface area contributed by atoms with Gasteiger partial charge in [-0.3, -0.25) is 28.4 Å². The van der Waals surface area contributed by atoms with Crippen LogP contribution in [0, 0.1) is 5.41 Å². The van der Waals surface area contributed by atoms with E-state index in [9.17, 15) is 18.9 Å². The van der Waals surface area contributed by atoms with Gasteiger partial charge in [0.1, 0.15) is 12.6 Å². The number of hydrogen-bond donors (Lipinski definition) is 2. The van der Waals surface area contributed by atoms with E-state index in [1.165, 1.54) is 14.0 Å². The first-order valence-corrected chi connectivity index (χ1v) is 11.2. The number of esters is 2. The molecule has 1 aromatic rings. The molecule has 0 aromatic carbocycles. The van der Waals surface area contributed by atoms with Gasteiger partial charge >= 0.3 is 19.7 Å². The van der Waals surface area contributed by atoms with E-state index in [1.807, 2.05) is 0 Å². The van der Waals surface area contributed by atoms with Crippen LogP contribution in [0.3, 0.4) is 0 Å². The fraction of sp³-hybridized carbons (Fsp3) is 0.579. The number of nitrogens with zero attached hydrogens (tertiary/aromatic N) is 1. The summed E-state index contributed by atoms with van der Waals surface area (Å²) in [4.78, 5) is 39.9. The molecule has 3 atom stereocenters. The Kier molecular flexibility index (Phi) is 8.69. The molecule has 2 heterocycles. The Bertz CT molecular complexity index is 833. The number of nitrogens with one attached hydrogen (secondary N) is 2. The Morgan fingerprint density at radius 3 is 2.77 bits per heavy atom. The standard InChI is InChI=1S/C19H28N3O8P/c1-13(18(25)28-11-14-6-5-8-20-10-14)22-31(26)29-12-19(2,3)16(30-31)17(24)21-9-7-15(23)27-4/h5-6,8,10,13,16H,7,9,11-12H2,1-4H3,(H,21,24)(H,22,26)/t13-,16-,31?/m0/s1. The number of ether oxygens (including phenoxy) is 2. The van der Waals surface area contributed by atoms with E-state index < -0.39 is 43.2 Å². The van der Waals surface area contributed by atoms with Crippen LogP contribution in [0.5, 0.6) is 0 Å². The van der Waals surface area contributed by atoms with Gasteiger partial charge in [0.25, 0.3) is 0 Å². The molecule has 0 bridgehead atoms. The molecule has 0 radical (unpaired) electrons. The molecule has 2 rings (SSSR count). The molecule has 172 valence electrons. The summed E-state index contributed by atoms with van der Waals surface area (Å²) in [6.45, 7) is 4.87. The maximum atomic E-state index is 13.0. The zero-order chi connectivity index (χ0) is 23.1. The minimum atomic E-state index is -3.98. The number of amides is 1. The number of methoxy groups -OCH3 is 1. The van der Waals surface area contributed by atoms with E-state index in [1.54, 1.807) is 38.4 Å². The molecule has 1 aliphatic heterocycles. The number of carbonyl (C=O) groups is 3. The highest BCUT2D eigenvalue weighted by Crippen LogP contribution is 2.53. The summed E-state index contributed by atoms with van der Waals surface area (Å²) >= 11 is 0. The first-order valence-electron chi connectivity index (χ1n) is 9.67. The molecule has 31 heavy (non-hydrogen) atoms. The van der Waals surface area contributed by atoms with Crippen LogP contribution in [0.2, 0.25) is 0 Å². The Morgan fingerprint density at radius 1 is 1.39 bits per heavy atom. The van der Waals surface area contributed by atoms with Crippen LogP contribution in [0.1, 0.15) is 32.8 Å². The second-order valence-corrected chi connectivity index (χ2v) is 9.40. The SMILES string of the molecule is COC(=O)CCNC(=O)[C@@H]1OP(=O)(N[C@@H](C)C(=O)OCc2cccnc2)OCC1(C)C. The smallest absolute Gasteiger partial charge is 0.407 e. The normalized spacial score (nSPS) is 23.4. The summed E-state index contributed by atoms with van der Waals surface area (Å²) in [5, 5.41) is 5.06. The average molecular weight is 457 g/mol. The number of aromatic nitrogens is 1. The third kappa shape index (κ3) is 7.39. The summed E-state index contributed by atoms with van der Waals surface area (Å²) in [5.41, 5.74) is -0.0973. The monoisotopic (exact) mass is 457 g/mol. The highest BCUT2D eigenvalue weighted by atomic mass is 31.2. The maximum absolute atomic E-state index is 13.0. The third-order valence-corrected chi connectivity index (χ3v) is 6.12. The quantitative estimate of drug-likeness (QED) is 0.412. The first kappa shape index (κ1) is 24.9. The summed E-state index contributed by atoms with van der Waals surface area (Å²) in [6, 6.07) is 2.44. The average Bonchev–Trinajstić information content (AvgIpc) is 2.74. The van der Waals surface area contributed by atoms with Gasteiger partial charge in [0.05, 0.1) is 20.1 Å². The molecule has 1 fully saturated rings. The van der Waals surface area contributed by atoms with Crippen molar-refractivity contribution in [2.75, 3.05) is 20.3 Å². The molecule has 1 unspecified atom stereocenters. The van der Waals surface area contributed by atoms with E-state index in [2.05, 4.69) is 20.1 Å². The zero-order valence-corrected chi connectivity index (χ0v) is 18.8. The van der Waals surface area contributed by atoms with Gasteiger partial charge in [-0.15, -0.1) is 0 Å². The van der Waals surface area contributed by atoms with Gasteiger partial charge < -0.3 is 14.8 Å². The van der Waals surface area contributed by atoms with E-state index in [4.69, 9.17) is 13.8 Å². The van der Waals surface area contributed by atoms with Crippen LogP contribution >= 0.6 is 7.75 Å². The van der Waals surface area contributed by atoms with E-state index in [-0.39, 0.29) is 26.2 Å². The lowest BCUT2D eigenvalue weighted by molar-refractivity contribution is -0.147. The van der Waals surface area contributed by atoms with Crippen molar-refractivity contribution in [2.45, 2.75) is 45.9 Å². The van der Waals surface area contributed by atoms with Gasteiger partial charge in [0, 0.05) is 29.9 Å². The molecule has 1 saturated heterocycles. The Labute approximate surface area is 180 Å². The van der Waals surface area contributed by atoms with Crippen LogP contribution in [-0.4, -0.2) is 55.2 Å². The van der Waals surface area contributed by atoms with Gasteiger partial charge in [-0.2, -0.15) is 0 Å². The third-order valence-electron chi connectivity index (χ3n) is 4.46. The predicted octanol–water partition coefficient (Wildman–Crippen LogP) is 1.33. The second-order valence-electron chi connectivity index (χ2n) is 7.68. The van der Waals surface area contributed by atoms with E-state index in [0.29, 0.717) is 5.56 Å². The van der Waals surface area contributed by atoms with Crippen molar-refractivity contribution in [3.8, 4) is 0 Å². The van der Waals surface area contributed by atoms with Crippen LogP contribution in [0.4, 0.5) is 0 Å². The summed E-state index contributed by atoms with van der Waals surface area (Å²) in [5.74, 6) is -1.69. The topological polar surface area (TPSA) is 142 Å². The van der Waals surface area contributed by atoms with Crippen LogP contribution < -0.4 is 10.4 Å². The number of rotatable bonds is 9. The molecule has 2 N–H and O–H groups in total. The van der Waals surface area contributed by atoms with Gasteiger partial charge in [-0.1, -0.05) is 19.9 Å². The summed E-state index contributed by atoms with van der Waals surface area (Å²) in [7, 11) is -2.73. The van der Waals surface area contributed by atoms with Crippen molar-refractivity contribution in [2.24, 2.45) is 5.41 Å². The predicted molar refractivity (Wildman–Crippen MR) is 108 cm³/mol. The molecule has 0 saturated carbocycles. The minimum absolute atomic E-state index is 0.00294. The lowest BCUT2D eigenvalue weighted by Gasteiger charge is -2.40. The molecule has 0 spiro atoms. The van der Waals surface area contributed by atoms with Crippen molar-refractivity contribution < 1.29 is 37.5 Å². The number of carbonyl (C=O) groups excluding carboxylic acids is 3.